The number of hydrogen-bond acceptors (Lipinski definition) is 7. The summed E-state index contributed by atoms with van der Waals surface area (Å²) >= 11 is 3.95. The maximum atomic E-state index is 12.7. The number of aliphatic carboxylic acids is 1. The molecular formula is C17H32N4O6S. The minimum absolute atomic E-state index is 0.102. The molecule has 0 fully saturated rings. The molecule has 5 unspecified atom stereocenters. The van der Waals surface area contributed by atoms with Crippen molar-refractivity contribution in [3.8, 4) is 0 Å². The van der Waals surface area contributed by atoms with Gasteiger partial charge in [0.05, 0.1) is 12.1 Å². The normalized spacial score (nSPS) is 16.6. The summed E-state index contributed by atoms with van der Waals surface area (Å²) in [4.78, 5) is 48.3. The molecular weight excluding hydrogens is 388 g/mol. The van der Waals surface area contributed by atoms with Gasteiger partial charge in [0, 0.05) is 5.75 Å². The second kappa shape index (κ2) is 11.9. The lowest BCUT2D eigenvalue weighted by Crippen LogP contribution is -2.60. The van der Waals surface area contributed by atoms with Crippen LogP contribution < -0.4 is 21.7 Å². The number of carbonyl (C=O) groups excluding carboxylic acids is 3. The van der Waals surface area contributed by atoms with Crippen molar-refractivity contribution in [2.75, 3.05) is 5.75 Å². The summed E-state index contributed by atoms with van der Waals surface area (Å²) in [6.45, 7) is 8.01. The summed E-state index contributed by atoms with van der Waals surface area (Å²) in [6, 6.07) is -4.41. The molecule has 0 aliphatic rings. The summed E-state index contributed by atoms with van der Waals surface area (Å²) in [5.74, 6) is -3.87. The van der Waals surface area contributed by atoms with Crippen LogP contribution in [0.2, 0.25) is 0 Å². The minimum Gasteiger partial charge on any atom is -0.480 e. The van der Waals surface area contributed by atoms with Crippen LogP contribution in [0.3, 0.4) is 0 Å². The molecule has 0 aliphatic carbocycles. The molecule has 0 saturated heterocycles. The van der Waals surface area contributed by atoms with E-state index in [0.717, 1.165) is 0 Å². The SMILES string of the molecule is CC(C)C(NC(=O)C(N)CS)C(=O)NC(C(=O)NC(C(=O)O)C(C)O)C(C)C. The molecule has 162 valence electrons. The van der Waals surface area contributed by atoms with Crippen LogP contribution in [-0.4, -0.2) is 69.9 Å². The molecule has 0 radical (unpaired) electrons. The van der Waals surface area contributed by atoms with Crippen LogP contribution in [0.1, 0.15) is 34.6 Å². The molecule has 10 nitrogen and oxygen atoms in total. The van der Waals surface area contributed by atoms with Gasteiger partial charge in [0.25, 0.3) is 0 Å². The average Bonchev–Trinajstić information content (AvgIpc) is 2.59. The van der Waals surface area contributed by atoms with Crippen molar-refractivity contribution in [3.63, 3.8) is 0 Å². The van der Waals surface area contributed by atoms with Gasteiger partial charge < -0.3 is 31.9 Å². The lowest BCUT2D eigenvalue weighted by molar-refractivity contribution is -0.145. The number of rotatable bonds is 11. The average molecular weight is 421 g/mol. The number of nitrogens with one attached hydrogen (secondary N) is 3. The molecule has 5 atom stereocenters. The summed E-state index contributed by atoms with van der Waals surface area (Å²) < 4.78 is 0. The van der Waals surface area contributed by atoms with Gasteiger partial charge in [-0.05, 0) is 18.8 Å². The number of carboxylic acids is 1. The number of carboxylic acid groups (broad SMARTS) is 1. The maximum absolute atomic E-state index is 12.7. The molecule has 0 aromatic rings. The third-order valence-electron chi connectivity index (χ3n) is 4.07. The molecule has 0 aromatic carbocycles. The molecule has 3 amide bonds. The molecule has 28 heavy (non-hydrogen) atoms. The third-order valence-corrected chi connectivity index (χ3v) is 4.47. The van der Waals surface area contributed by atoms with Crippen molar-refractivity contribution in [2.45, 2.75) is 64.9 Å². The van der Waals surface area contributed by atoms with Gasteiger partial charge in [0.15, 0.2) is 6.04 Å². The number of aliphatic hydroxyl groups excluding tert-OH is 1. The largest absolute Gasteiger partial charge is 0.480 e. The van der Waals surface area contributed by atoms with Gasteiger partial charge in [0.2, 0.25) is 17.7 Å². The zero-order chi connectivity index (χ0) is 22.2. The fraction of sp³-hybridized carbons (Fsp3) is 0.765. The third kappa shape index (κ3) is 8.03. The number of thiol groups is 1. The molecule has 0 heterocycles. The second-order valence-electron chi connectivity index (χ2n) is 7.31. The van der Waals surface area contributed by atoms with Crippen LogP contribution in [0.4, 0.5) is 0 Å². The van der Waals surface area contributed by atoms with Crippen LogP contribution in [0.5, 0.6) is 0 Å². The van der Waals surface area contributed by atoms with Crippen molar-refractivity contribution >= 4 is 36.3 Å². The van der Waals surface area contributed by atoms with Crippen molar-refractivity contribution in [3.05, 3.63) is 0 Å². The Kier molecular flexibility index (Phi) is 11.1. The fourth-order valence-electron chi connectivity index (χ4n) is 2.29. The molecule has 7 N–H and O–H groups in total. The van der Waals surface area contributed by atoms with E-state index in [1.54, 1.807) is 27.7 Å². The highest BCUT2D eigenvalue weighted by Gasteiger charge is 2.33. The standard InChI is InChI=1S/C17H32N4O6S/c1-7(2)11(19-14(23)10(18)6-28)15(24)20-12(8(3)4)16(25)21-13(9(5)22)17(26)27/h7-13,22,28H,6,18H2,1-5H3,(H,19,23)(H,20,24)(H,21,25)(H,26,27). The molecule has 0 bridgehead atoms. The van der Waals surface area contributed by atoms with E-state index in [-0.39, 0.29) is 17.6 Å². The van der Waals surface area contributed by atoms with Crippen LogP contribution in [0.15, 0.2) is 0 Å². The Morgan fingerprint density at radius 2 is 1.18 bits per heavy atom. The van der Waals surface area contributed by atoms with Crippen molar-refractivity contribution in [1.82, 2.24) is 16.0 Å². The van der Waals surface area contributed by atoms with Gasteiger partial charge in [0.1, 0.15) is 12.1 Å². The lowest BCUT2D eigenvalue weighted by Gasteiger charge is -2.28. The molecule has 0 aliphatic heterocycles. The highest BCUT2D eigenvalue weighted by atomic mass is 32.1. The minimum atomic E-state index is -1.51. The first-order valence-corrected chi connectivity index (χ1v) is 9.65. The zero-order valence-corrected chi connectivity index (χ0v) is 17.7. The predicted octanol–water partition coefficient (Wildman–Crippen LogP) is -1.52. The fourth-order valence-corrected chi connectivity index (χ4v) is 2.45. The van der Waals surface area contributed by atoms with Gasteiger partial charge in [-0.2, -0.15) is 12.6 Å². The van der Waals surface area contributed by atoms with Gasteiger partial charge >= 0.3 is 5.97 Å². The van der Waals surface area contributed by atoms with E-state index in [1.165, 1.54) is 6.92 Å². The van der Waals surface area contributed by atoms with E-state index in [9.17, 15) is 24.3 Å². The van der Waals surface area contributed by atoms with E-state index in [4.69, 9.17) is 10.8 Å². The van der Waals surface area contributed by atoms with Gasteiger partial charge in [-0.3, -0.25) is 14.4 Å². The number of nitrogens with two attached hydrogens (primary N) is 1. The monoisotopic (exact) mass is 420 g/mol. The number of carbonyl (C=O) groups is 4. The van der Waals surface area contributed by atoms with Gasteiger partial charge in [-0.15, -0.1) is 0 Å². The Labute approximate surface area is 170 Å². The highest BCUT2D eigenvalue weighted by Crippen LogP contribution is 2.08. The number of aliphatic hydroxyl groups is 1. The quantitative estimate of drug-likeness (QED) is 0.199. The van der Waals surface area contributed by atoms with Crippen LogP contribution in [-0.2, 0) is 19.2 Å². The first kappa shape index (κ1) is 26.1. The number of amides is 3. The topological polar surface area (TPSA) is 171 Å². The van der Waals surface area contributed by atoms with Crippen molar-refractivity contribution < 1.29 is 29.4 Å². The summed E-state index contributed by atoms with van der Waals surface area (Å²) in [6.07, 6.45) is -1.32. The van der Waals surface area contributed by atoms with Gasteiger partial charge in [-0.25, -0.2) is 4.79 Å². The Morgan fingerprint density at radius 3 is 1.46 bits per heavy atom. The Bertz CT molecular complexity index is 570. The van der Waals surface area contributed by atoms with Crippen LogP contribution >= 0.6 is 12.6 Å². The first-order chi connectivity index (χ1) is 12.8. The van der Waals surface area contributed by atoms with Crippen molar-refractivity contribution in [1.29, 1.82) is 0 Å². The molecule has 0 saturated carbocycles. The summed E-state index contributed by atoms with van der Waals surface area (Å²) in [7, 11) is 0. The van der Waals surface area contributed by atoms with E-state index < -0.39 is 54.0 Å². The zero-order valence-electron chi connectivity index (χ0n) is 16.8. The van der Waals surface area contributed by atoms with Crippen molar-refractivity contribution in [2.24, 2.45) is 17.6 Å². The number of hydrogen-bond donors (Lipinski definition) is 7. The van der Waals surface area contributed by atoms with E-state index in [2.05, 4.69) is 28.6 Å². The Morgan fingerprint density at radius 1 is 0.821 bits per heavy atom. The highest BCUT2D eigenvalue weighted by molar-refractivity contribution is 7.80. The summed E-state index contributed by atoms with van der Waals surface area (Å²) in [5, 5.41) is 25.9. The van der Waals surface area contributed by atoms with E-state index in [1.807, 2.05) is 0 Å². The molecule has 0 aromatic heterocycles. The molecule has 0 rings (SSSR count). The smallest absolute Gasteiger partial charge is 0.328 e. The predicted molar refractivity (Wildman–Crippen MR) is 107 cm³/mol. The van der Waals surface area contributed by atoms with Crippen LogP contribution in [0.25, 0.3) is 0 Å². The molecule has 0 spiro atoms. The lowest BCUT2D eigenvalue weighted by atomic mass is 9.99. The Hall–Kier alpha value is -1.85. The second-order valence-corrected chi connectivity index (χ2v) is 7.68. The Balaban J connectivity index is 5.32. The summed E-state index contributed by atoms with van der Waals surface area (Å²) in [5.41, 5.74) is 5.61. The maximum Gasteiger partial charge on any atom is 0.328 e. The molecule has 11 heteroatoms. The van der Waals surface area contributed by atoms with E-state index >= 15 is 0 Å². The van der Waals surface area contributed by atoms with E-state index in [0.29, 0.717) is 0 Å². The van der Waals surface area contributed by atoms with Crippen LogP contribution in [0, 0.1) is 11.8 Å². The first-order valence-electron chi connectivity index (χ1n) is 9.01. The van der Waals surface area contributed by atoms with Gasteiger partial charge in [-0.1, -0.05) is 27.7 Å².